The van der Waals surface area contributed by atoms with Gasteiger partial charge in [-0.15, -0.1) is 0 Å². The van der Waals surface area contributed by atoms with Crippen molar-refractivity contribution >= 4 is 28.4 Å². The number of carbonyl (C=O) groups excluding carboxylic acids is 1. The van der Waals surface area contributed by atoms with Crippen LogP contribution >= 0.6 is 11.6 Å². The van der Waals surface area contributed by atoms with Crippen molar-refractivity contribution in [1.82, 2.24) is 25.1 Å². The number of nitrogens with zero attached hydrogens (tertiary/aromatic N) is 4. The number of alkyl halides is 3. The number of halogens is 4. The fourth-order valence-electron chi connectivity index (χ4n) is 2.68. The molecule has 0 aliphatic carbocycles. The Morgan fingerprint density at radius 3 is 2.83 bits per heavy atom. The average molecular weight is 428 g/mol. The average Bonchev–Trinajstić information content (AvgIpc) is 3.04. The second-order valence-electron chi connectivity index (χ2n) is 6.18. The summed E-state index contributed by atoms with van der Waals surface area (Å²) in [6.07, 6.45) is 0.365. The Morgan fingerprint density at radius 2 is 2.14 bits per heavy atom. The number of aromatic nitrogens is 4. The molecule has 3 aromatic heterocycles. The SMILES string of the molecule is CCNC(=O)Cc1nccc2nn(Cc3cnc(OCC(F)(F)F)c(Cl)c3)cc12. The standard InChI is InChI=1S/C18H17ClF3N5O2/c1-2-23-16(28)6-15-12-9-27(26-14(12)3-4-24-15)8-11-5-13(19)17(25-7-11)29-10-18(20,21)22/h3-5,7,9H,2,6,8,10H2,1H3,(H,23,28). The van der Waals surface area contributed by atoms with E-state index in [4.69, 9.17) is 11.6 Å². The molecule has 29 heavy (non-hydrogen) atoms. The van der Waals surface area contributed by atoms with Crippen molar-refractivity contribution in [3.8, 4) is 5.88 Å². The smallest absolute Gasteiger partial charge is 0.422 e. The highest BCUT2D eigenvalue weighted by molar-refractivity contribution is 6.31. The Morgan fingerprint density at radius 1 is 1.34 bits per heavy atom. The van der Waals surface area contributed by atoms with E-state index in [-0.39, 0.29) is 29.8 Å². The summed E-state index contributed by atoms with van der Waals surface area (Å²) in [5.41, 5.74) is 1.90. The Hall–Kier alpha value is -2.88. The predicted octanol–water partition coefficient (Wildman–Crippen LogP) is 3.15. The summed E-state index contributed by atoms with van der Waals surface area (Å²) in [6, 6.07) is 3.20. The predicted molar refractivity (Wildman–Crippen MR) is 99.8 cm³/mol. The number of fused-ring (bicyclic) bond motifs is 1. The zero-order valence-corrected chi connectivity index (χ0v) is 16.1. The molecule has 1 amide bonds. The lowest BCUT2D eigenvalue weighted by atomic mass is 10.2. The van der Waals surface area contributed by atoms with Crippen LogP contribution in [-0.2, 0) is 17.8 Å². The van der Waals surface area contributed by atoms with Gasteiger partial charge in [-0.25, -0.2) is 4.98 Å². The molecule has 0 aliphatic rings. The summed E-state index contributed by atoms with van der Waals surface area (Å²) in [6.45, 7) is 1.18. The molecule has 3 rings (SSSR count). The number of amides is 1. The number of pyridine rings is 2. The number of carbonyl (C=O) groups is 1. The molecular weight excluding hydrogens is 411 g/mol. The zero-order valence-electron chi connectivity index (χ0n) is 15.3. The van der Waals surface area contributed by atoms with E-state index in [1.165, 1.54) is 12.3 Å². The molecule has 0 aliphatic heterocycles. The molecule has 1 N–H and O–H groups in total. The minimum Gasteiger partial charge on any atom is -0.467 e. The van der Waals surface area contributed by atoms with Gasteiger partial charge in [-0.05, 0) is 24.6 Å². The van der Waals surface area contributed by atoms with Gasteiger partial charge in [-0.3, -0.25) is 14.5 Å². The van der Waals surface area contributed by atoms with Crippen LogP contribution in [0.4, 0.5) is 13.2 Å². The molecule has 11 heteroatoms. The summed E-state index contributed by atoms with van der Waals surface area (Å²) in [7, 11) is 0. The number of likely N-dealkylation sites (N-methyl/N-ethyl adjacent to an activating group) is 1. The normalized spacial score (nSPS) is 11.6. The highest BCUT2D eigenvalue weighted by Gasteiger charge is 2.29. The van der Waals surface area contributed by atoms with Crippen molar-refractivity contribution < 1.29 is 22.7 Å². The zero-order chi connectivity index (χ0) is 21.0. The molecule has 0 radical (unpaired) electrons. The van der Waals surface area contributed by atoms with E-state index >= 15 is 0 Å². The fraction of sp³-hybridized carbons (Fsp3) is 0.333. The van der Waals surface area contributed by atoms with Crippen LogP contribution in [0.3, 0.4) is 0 Å². The minimum absolute atomic E-state index is 0.0259. The third-order valence-corrected chi connectivity index (χ3v) is 4.12. The van der Waals surface area contributed by atoms with Gasteiger partial charge >= 0.3 is 6.18 Å². The van der Waals surface area contributed by atoms with Crippen molar-refractivity contribution in [2.45, 2.75) is 26.1 Å². The largest absolute Gasteiger partial charge is 0.467 e. The second kappa shape index (κ2) is 8.64. The number of nitrogens with one attached hydrogen (secondary N) is 1. The molecule has 0 spiro atoms. The van der Waals surface area contributed by atoms with Gasteiger partial charge in [0, 0.05) is 30.5 Å². The molecule has 0 aromatic carbocycles. The number of ether oxygens (including phenoxy) is 1. The quantitative estimate of drug-likeness (QED) is 0.626. The Bertz CT molecular complexity index is 1020. The third kappa shape index (κ3) is 5.57. The van der Waals surface area contributed by atoms with Crippen molar-refractivity contribution in [3.05, 3.63) is 47.0 Å². The minimum atomic E-state index is -4.47. The van der Waals surface area contributed by atoms with E-state index in [1.807, 2.05) is 6.92 Å². The van der Waals surface area contributed by atoms with Gasteiger partial charge in [-0.2, -0.15) is 18.3 Å². The van der Waals surface area contributed by atoms with Gasteiger partial charge in [0.2, 0.25) is 11.8 Å². The van der Waals surface area contributed by atoms with Crippen molar-refractivity contribution in [2.75, 3.05) is 13.2 Å². The van der Waals surface area contributed by atoms with Crippen LogP contribution in [0.1, 0.15) is 18.2 Å². The van der Waals surface area contributed by atoms with Crippen molar-refractivity contribution in [1.29, 1.82) is 0 Å². The maximum atomic E-state index is 12.3. The second-order valence-corrected chi connectivity index (χ2v) is 6.59. The van der Waals surface area contributed by atoms with Crippen LogP contribution in [-0.4, -0.2) is 45.0 Å². The number of hydrogen-bond donors (Lipinski definition) is 1. The van der Waals surface area contributed by atoms with E-state index in [0.29, 0.717) is 23.3 Å². The van der Waals surface area contributed by atoms with E-state index in [0.717, 1.165) is 5.39 Å². The van der Waals surface area contributed by atoms with Gasteiger partial charge < -0.3 is 10.1 Å². The third-order valence-electron chi connectivity index (χ3n) is 3.85. The first-order chi connectivity index (χ1) is 13.7. The molecule has 0 fully saturated rings. The van der Waals surface area contributed by atoms with Crippen LogP contribution in [0.15, 0.2) is 30.7 Å². The lowest BCUT2D eigenvalue weighted by molar-refractivity contribution is -0.154. The molecule has 0 saturated carbocycles. The van der Waals surface area contributed by atoms with Gasteiger partial charge in [0.25, 0.3) is 0 Å². The topological polar surface area (TPSA) is 81.9 Å². The molecule has 0 unspecified atom stereocenters. The first-order valence-corrected chi connectivity index (χ1v) is 9.04. The highest BCUT2D eigenvalue weighted by atomic mass is 35.5. The van der Waals surface area contributed by atoms with Gasteiger partial charge in [0.05, 0.1) is 24.2 Å². The van der Waals surface area contributed by atoms with Crippen molar-refractivity contribution in [3.63, 3.8) is 0 Å². The summed E-state index contributed by atoms with van der Waals surface area (Å²) in [5.74, 6) is -0.419. The number of hydrogen-bond acceptors (Lipinski definition) is 5. The number of rotatable bonds is 7. The molecule has 3 heterocycles. The molecular formula is C18H17ClF3N5O2. The van der Waals surface area contributed by atoms with E-state index in [9.17, 15) is 18.0 Å². The maximum absolute atomic E-state index is 12.3. The Balaban J connectivity index is 1.76. The van der Waals surface area contributed by atoms with Crippen LogP contribution in [0.5, 0.6) is 5.88 Å². The van der Waals surface area contributed by atoms with Crippen LogP contribution in [0.2, 0.25) is 5.02 Å². The molecule has 0 bridgehead atoms. The van der Waals surface area contributed by atoms with E-state index in [2.05, 4.69) is 25.1 Å². The summed E-state index contributed by atoms with van der Waals surface area (Å²) in [5, 5.41) is 7.87. The molecule has 154 valence electrons. The van der Waals surface area contributed by atoms with Crippen LogP contribution in [0, 0.1) is 0 Å². The molecule has 0 atom stereocenters. The van der Waals surface area contributed by atoms with Gasteiger partial charge in [0.1, 0.15) is 5.02 Å². The summed E-state index contributed by atoms with van der Waals surface area (Å²) >= 11 is 5.98. The first kappa shape index (κ1) is 20.8. The molecule has 3 aromatic rings. The molecule has 7 nitrogen and oxygen atoms in total. The van der Waals surface area contributed by atoms with E-state index < -0.39 is 12.8 Å². The van der Waals surface area contributed by atoms with Crippen molar-refractivity contribution in [2.24, 2.45) is 0 Å². The van der Waals surface area contributed by atoms with Gasteiger partial charge in [-0.1, -0.05) is 11.6 Å². The first-order valence-electron chi connectivity index (χ1n) is 8.67. The monoisotopic (exact) mass is 427 g/mol. The fourth-order valence-corrected chi connectivity index (χ4v) is 2.92. The lowest BCUT2D eigenvalue weighted by Crippen LogP contribution is -2.24. The van der Waals surface area contributed by atoms with E-state index in [1.54, 1.807) is 23.1 Å². The maximum Gasteiger partial charge on any atom is 0.422 e. The highest BCUT2D eigenvalue weighted by Crippen LogP contribution is 2.25. The van der Waals surface area contributed by atoms with Gasteiger partial charge in [0.15, 0.2) is 6.61 Å². The Labute approximate surface area is 168 Å². The lowest BCUT2D eigenvalue weighted by Gasteiger charge is -2.10. The van der Waals surface area contributed by atoms with Crippen LogP contribution in [0.25, 0.3) is 10.9 Å². The van der Waals surface area contributed by atoms with Crippen LogP contribution < -0.4 is 10.1 Å². The summed E-state index contributed by atoms with van der Waals surface area (Å²) in [4.78, 5) is 20.0. The Kier molecular flexibility index (Phi) is 6.21. The molecule has 0 saturated heterocycles. The summed E-state index contributed by atoms with van der Waals surface area (Å²) < 4.78 is 43.0.